The number of unbranched alkanes of at least 4 members (excludes halogenated alkanes) is 2. The van der Waals surface area contributed by atoms with Gasteiger partial charge in [-0.05, 0) is 127 Å². The Hall–Kier alpha value is -6.20. The fourth-order valence-electron chi connectivity index (χ4n) is 10.6. The van der Waals surface area contributed by atoms with E-state index in [4.69, 9.17) is 28.9 Å². The maximum Gasteiger partial charge on any atom is 0.410 e. The van der Waals surface area contributed by atoms with Gasteiger partial charge in [0.25, 0.3) is 0 Å². The minimum Gasteiger partial charge on any atom is -0.459 e. The van der Waals surface area contributed by atoms with E-state index in [0.29, 0.717) is 36.5 Å². The lowest BCUT2D eigenvalue weighted by Crippen LogP contribution is -2.70. The van der Waals surface area contributed by atoms with Crippen molar-refractivity contribution in [2.45, 2.75) is 96.1 Å². The Balaban J connectivity index is 1.35. The summed E-state index contributed by atoms with van der Waals surface area (Å²) in [6.07, 6.45) is 10.6. The number of amides is 1. The lowest BCUT2D eigenvalue weighted by atomic mass is 9.55. The molecule has 0 spiro atoms. The first-order chi connectivity index (χ1) is 33.3. The SMILES string of the molecule is C=CCCOC(=O)N(Cc1cccc2ccccc12)[C@H]1CC(=NOCc2ccccc2)C2=C[C@H](CCCCO)[C@@H](CCCCO)[C@@H]3c4cc(Oc5ccc(C)c(C)c5)ccc4O[C@@]1(OCC=C)[C@H]23. The molecule has 1 fully saturated rings. The van der Waals surface area contributed by atoms with Crippen LogP contribution in [0, 0.1) is 31.6 Å². The van der Waals surface area contributed by atoms with Crippen LogP contribution in [0.2, 0.25) is 0 Å². The normalized spacial score (nSPS) is 22.0. The molecule has 5 aromatic rings. The standard InChI is InChI=1S/C58H66N2O8/c1-5-7-33-64-57(63)60(38-45-23-17-22-43-20-11-12-24-48(43)45)54-37-52(59-66-39-42-18-9-8-10-19-42)50-35-44(21-13-15-30-61)49(25-14-16-31-62)55-51-36-47(67-46-27-26-40(3)41(4)34-46)28-29-53(51)68-58(54,56(50)55)65-32-6-2/h5-6,8-12,17-20,22-24,26-29,34-36,44,49,54-56,61-62H,1-2,7,13-16,21,25,30-33,37-39H2,3-4H3/t44-,49+,54-,55+,56+,58+/m0/s1. The van der Waals surface area contributed by atoms with Gasteiger partial charge in [0, 0.05) is 31.1 Å². The van der Waals surface area contributed by atoms with Crippen molar-refractivity contribution in [3.63, 3.8) is 0 Å². The highest BCUT2D eigenvalue weighted by Crippen LogP contribution is 2.62. The molecule has 8 rings (SSSR count). The van der Waals surface area contributed by atoms with Crippen molar-refractivity contribution >= 4 is 22.6 Å². The minimum absolute atomic E-state index is 0.0384. The van der Waals surface area contributed by atoms with Gasteiger partial charge in [0.05, 0.1) is 31.4 Å². The molecule has 1 saturated carbocycles. The lowest BCUT2D eigenvalue weighted by molar-refractivity contribution is -0.256. The van der Waals surface area contributed by atoms with E-state index in [1.54, 1.807) is 17.1 Å². The van der Waals surface area contributed by atoms with Crippen LogP contribution < -0.4 is 9.47 Å². The third-order valence-electron chi connectivity index (χ3n) is 14.0. The summed E-state index contributed by atoms with van der Waals surface area (Å²) in [5.74, 6) is -0.0569. The summed E-state index contributed by atoms with van der Waals surface area (Å²) in [6.45, 7) is 13.1. The number of aliphatic hydroxyl groups is 2. The van der Waals surface area contributed by atoms with E-state index in [-0.39, 0.29) is 63.8 Å². The molecule has 68 heavy (non-hydrogen) atoms. The fraction of sp³-hybridized carbons (Fsp3) is 0.379. The predicted octanol–water partition coefficient (Wildman–Crippen LogP) is 12.3. The second kappa shape index (κ2) is 22.7. The van der Waals surface area contributed by atoms with Crippen LogP contribution in [0.3, 0.4) is 0 Å². The van der Waals surface area contributed by atoms with Crippen LogP contribution in [0.5, 0.6) is 17.2 Å². The zero-order valence-corrected chi connectivity index (χ0v) is 39.6. The zero-order valence-electron chi connectivity index (χ0n) is 39.6. The number of carbonyl (C=O) groups is 1. The summed E-state index contributed by atoms with van der Waals surface area (Å²) < 4.78 is 27.5. The zero-order chi connectivity index (χ0) is 47.5. The molecule has 10 nitrogen and oxygen atoms in total. The van der Waals surface area contributed by atoms with Gasteiger partial charge in [-0.1, -0.05) is 115 Å². The number of aliphatic hydroxyl groups excluding tert-OH is 2. The highest BCUT2D eigenvalue weighted by Gasteiger charge is 2.65. The summed E-state index contributed by atoms with van der Waals surface area (Å²) >= 11 is 0. The molecule has 2 aliphatic carbocycles. The van der Waals surface area contributed by atoms with E-state index in [0.717, 1.165) is 70.0 Å². The molecule has 1 heterocycles. The Morgan fingerprint density at radius 3 is 2.38 bits per heavy atom. The Bertz CT molecular complexity index is 2580. The van der Waals surface area contributed by atoms with E-state index in [1.807, 2.05) is 66.7 Å². The van der Waals surface area contributed by atoms with Crippen LogP contribution >= 0.6 is 0 Å². The van der Waals surface area contributed by atoms with Gasteiger partial charge < -0.3 is 34.0 Å². The number of allylic oxidation sites excluding steroid dienone is 1. The molecule has 0 radical (unpaired) electrons. The van der Waals surface area contributed by atoms with E-state index in [1.165, 1.54) is 5.56 Å². The summed E-state index contributed by atoms with van der Waals surface area (Å²) in [4.78, 5) is 23.1. The third kappa shape index (κ3) is 10.6. The van der Waals surface area contributed by atoms with Crippen molar-refractivity contribution < 1.29 is 38.8 Å². The Morgan fingerprint density at radius 2 is 1.60 bits per heavy atom. The van der Waals surface area contributed by atoms with E-state index >= 15 is 4.79 Å². The maximum atomic E-state index is 15.0. The third-order valence-corrected chi connectivity index (χ3v) is 14.0. The second-order valence-electron chi connectivity index (χ2n) is 18.3. The number of benzene rings is 5. The number of hydrogen-bond donors (Lipinski definition) is 2. The van der Waals surface area contributed by atoms with Crippen molar-refractivity contribution in [2.24, 2.45) is 22.9 Å². The van der Waals surface area contributed by atoms with Gasteiger partial charge in [-0.15, -0.1) is 13.2 Å². The van der Waals surface area contributed by atoms with Gasteiger partial charge in [-0.2, -0.15) is 0 Å². The predicted molar refractivity (Wildman–Crippen MR) is 268 cm³/mol. The molecule has 0 aromatic heterocycles. The lowest BCUT2D eigenvalue weighted by Gasteiger charge is -2.59. The van der Waals surface area contributed by atoms with Crippen LogP contribution in [-0.2, 0) is 27.5 Å². The molecule has 1 amide bonds. The molecule has 356 valence electrons. The Kier molecular flexibility index (Phi) is 16.1. The number of ether oxygens (including phenoxy) is 4. The molecule has 2 N–H and O–H groups in total. The van der Waals surface area contributed by atoms with Crippen molar-refractivity contribution in [2.75, 3.05) is 26.4 Å². The van der Waals surface area contributed by atoms with Crippen molar-refractivity contribution in [3.8, 4) is 17.2 Å². The van der Waals surface area contributed by atoms with E-state index in [9.17, 15) is 10.2 Å². The number of oxime groups is 1. The first-order valence-electron chi connectivity index (χ1n) is 24.3. The summed E-state index contributed by atoms with van der Waals surface area (Å²) in [7, 11) is 0. The molecular formula is C58H66N2O8. The van der Waals surface area contributed by atoms with Gasteiger partial charge in [0.2, 0.25) is 5.79 Å². The molecule has 0 bridgehead atoms. The van der Waals surface area contributed by atoms with Crippen molar-refractivity contribution in [1.82, 2.24) is 4.90 Å². The maximum absolute atomic E-state index is 15.0. The Morgan fingerprint density at radius 1 is 0.853 bits per heavy atom. The summed E-state index contributed by atoms with van der Waals surface area (Å²) in [6, 6.07) is 35.7. The van der Waals surface area contributed by atoms with Crippen LogP contribution in [-0.4, -0.2) is 65.2 Å². The number of nitrogens with zero attached hydrogens (tertiary/aromatic N) is 2. The quantitative estimate of drug-likeness (QED) is 0.0400. The largest absolute Gasteiger partial charge is 0.459 e. The highest BCUT2D eigenvalue weighted by molar-refractivity contribution is 6.03. The topological polar surface area (TPSA) is 119 Å². The molecule has 10 heteroatoms. The number of carbonyl (C=O) groups excluding carboxylic acids is 1. The molecule has 6 atom stereocenters. The van der Waals surface area contributed by atoms with Gasteiger partial charge >= 0.3 is 6.09 Å². The smallest absolute Gasteiger partial charge is 0.410 e. The summed E-state index contributed by atoms with van der Waals surface area (Å²) in [5, 5.41) is 27.2. The van der Waals surface area contributed by atoms with Crippen molar-refractivity contribution in [1.29, 1.82) is 0 Å². The van der Waals surface area contributed by atoms with Crippen LogP contribution in [0.25, 0.3) is 10.8 Å². The second-order valence-corrected chi connectivity index (χ2v) is 18.3. The highest BCUT2D eigenvalue weighted by atomic mass is 16.7. The number of hydrogen-bond acceptors (Lipinski definition) is 9. The molecule has 0 unspecified atom stereocenters. The monoisotopic (exact) mass is 918 g/mol. The van der Waals surface area contributed by atoms with Gasteiger partial charge in [-0.25, -0.2) is 4.79 Å². The van der Waals surface area contributed by atoms with Crippen LogP contribution in [0.4, 0.5) is 4.79 Å². The average Bonchev–Trinajstić information content (AvgIpc) is 3.35. The molecule has 5 aromatic carbocycles. The van der Waals surface area contributed by atoms with E-state index in [2.05, 4.69) is 75.5 Å². The minimum atomic E-state index is -1.47. The molecule has 1 aliphatic heterocycles. The Labute approximate surface area is 401 Å². The number of fused-ring (bicyclic) bond motifs is 3. The molecule has 0 saturated heterocycles. The van der Waals surface area contributed by atoms with Gasteiger partial charge in [0.1, 0.15) is 29.9 Å². The van der Waals surface area contributed by atoms with Crippen LogP contribution in [0.15, 0.2) is 151 Å². The van der Waals surface area contributed by atoms with Gasteiger partial charge in [-0.3, -0.25) is 4.90 Å². The molecule has 3 aliphatic rings. The fourth-order valence-corrected chi connectivity index (χ4v) is 10.6. The first kappa shape index (κ1) is 48.3. The average molecular weight is 919 g/mol. The van der Waals surface area contributed by atoms with E-state index < -0.39 is 23.8 Å². The van der Waals surface area contributed by atoms with Gasteiger partial charge in [0.15, 0.2) is 0 Å². The first-order valence-corrected chi connectivity index (χ1v) is 24.3. The number of aryl methyl sites for hydroxylation is 2. The summed E-state index contributed by atoms with van der Waals surface area (Å²) in [5.41, 5.74) is 6.86. The number of rotatable bonds is 22. The van der Waals surface area contributed by atoms with Crippen LogP contribution in [0.1, 0.15) is 85.1 Å². The molecular weight excluding hydrogens is 853 g/mol. The van der Waals surface area contributed by atoms with Crippen molar-refractivity contribution in [3.05, 3.63) is 174 Å².